The zero-order valence-electron chi connectivity index (χ0n) is 8.21. The number of hydrogen-bond acceptors (Lipinski definition) is 3. The van der Waals surface area contributed by atoms with Crippen LogP contribution in [0.5, 0.6) is 0 Å². The third kappa shape index (κ3) is 3.42. The fourth-order valence-corrected chi connectivity index (χ4v) is 1.03. The molecule has 0 aromatic carbocycles. The molecular weight excluding hydrogens is 164 g/mol. The van der Waals surface area contributed by atoms with Gasteiger partial charge in [-0.2, -0.15) is 0 Å². The topological polar surface area (TPSA) is 34.1 Å². The Bertz CT molecular complexity index is 233. The Morgan fingerprint density at radius 1 is 1.46 bits per heavy atom. The van der Waals surface area contributed by atoms with Gasteiger partial charge < -0.3 is 10.1 Å². The van der Waals surface area contributed by atoms with Crippen LogP contribution in [0.3, 0.4) is 0 Å². The summed E-state index contributed by atoms with van der Waals surface area (Å²) in [6.07, 6.45) is 2.95. The molecule has 1 aromatic rings. The van der Waals surface area contributed by atoms with Gasteiger partial charge in [-0.1, -0.05) is 13.0 Å². The average Bonchev–Trinajstić information content (AvgIpc) is 2.17. The van der Waals surface area contributed by atoms with E-state index in [1.54, 1.807) is 7.11 Å². The van der Waals surface area contributed by atoms with Crippen LogP contribution in [0.2, 0.25) is 0 Å². The summed E-state index contributed by atoms with van der Waals surface area (Å²) in [5.74, 6) is 0.932. The van der Waals surface area contributed by atoms with Crippen LogP contribution < -0.4 is 5.32 Å². The Labute approximate surface area is 79.1 Å². The van der Waals surface area contributed by atoms with Crippen molar-refractivity contribution < 1.29 is 4.74 Å². The Morgan fingerprint density at radius 2 is 2.31 bits per heavy atom. The fourth-order valence-electron chi connectivity index (χ4n) is 1.03. The van der Waals surface area contributed by atoms with E-state index in [1.165, 1.54) is 0 Å². The number of nitrogens with one attached hydrogen (secondary N) is 1. The number of hydrogen-bond donors (Lipinski definition) is 1. The van der Waals surface area contributed by atoms with Gasteiger partial charge in [0.25, 0.3) is 0 Å². The molecule has 0 radical (unpaired) electrons. The van der Waals surface area contributed by atoms with E-state index in [2.05, 4.69) is 17.2 Å². The van der Waals surface area contributed by atoms with Crippen molar-refractivity contribution in [3.05, 3.63) is 23.9 Å². The molecule has 1 rings (SSSR count). The summed E-state index contributed by atoms with van der Waals surface area (Å²) in [6.45, 7) is 3.73. The minimum absolute atomic E-state index is 0.626. The molecule has 13 heavy (non-hydrogen) atoms. The first kappa shape index (κ1) is 9.99. The molecule has 0 bridgehead atoms. The number of ether oxygens (including phenoxy) is 1. The lowest BCUT2D eigenvalue weighted by Gasteiger charge is -2.04. The molecule has 0 atom stereocenters. The molecule has 0 aliphatic rings. The highest BCUT2D eigenvalue weighted by atomic mass is 16.5. The van der Waals surface area contributed by atoms with Gasteiger partial charge in [-0.05, 0) is 18.1 Å². The highest BCUT2D eigenvalue weighted by molar-refractivity contribution is 5.35. The van der Waals surface area contributed by atoms with E-state index < -0.39 is 0 Å². The molecule has 0 fully saturated rings. The highest BCUT2D eigenvalue weighted by Crippen LogP contribution is 2.05. The Kier molecular flexibility index (Phi) is 4.26. The van der Waals surface area contributed by atoms with Crippen LogP contribution in [0.25, 0.3) is 0 Å². The van der Waals surface area contributed by atoms with Crippen molar-refractivity contribution >= 4 is 5.82 Å². The quantitative estimate of drug-likeness (QED) is 0.753. The minimum Gasteiger partial charge on any atom is -0.380 e. The molecule has 0 aliphatic carbocycles. The monoisotopic (exact) mass is 180 g/mol. The second-order valence-corrected chi connectivity index (χ2v) is 2.91. The first-order valence-electron chi connectivity index (χ1n) is 4.54. The van der Waals surface area contributed by atoms with Gasteiger partial charge in [0, 0.05) is 19.9 Å². The summed E-state index contributed by atoms with van der Waals surface area (Å²) in [5.41, 5.74) is 1.10. The largest absolute Gasteiger partial charge is 0.380 e. The van der Waals surface area contributed by atoms with Crippen LogP contribution in [0.15, 0.2) is 18.3 Å². The summed E-state index contributed by atoms with van der Waals surface area (Å²) >= 11 is 0. The molecule has 1 aromatic heterocycles. The van der Waals surface area contributed by atoms with Gasteiger partial charge in [-0.25, -0.2) is 4.98 Å². The van der Waals surface area contributed by atoms with Crippen LogP contribution in [-0.4, -0.2) is 18.6 Å². The molecule has 1 N–H and O–H groups in total. The molecule has 72 valence electrons. The summed E-state index contributed by atoms with van der Waals surface area (Å²) in [4.78, 5) is 4.24. The molecule has 3 heteroatoms. The van der Waals surface area contributed by atoms with Crippen LogP contribution in [0, 0.1) is 0 Å². The number of anilines is 1. The maximum atomic E-state index is 4.99. The predicted molar refractivity (Wildman–Crippen MR) is 53.7 cm³/mol. The molecule has 0 saturated carbocycles. The van der Waals surface area contributed by atoms with Crippen molar-refractivity contribution in [2.45, 2.75) is 20.0 Å². The lowest BCUT2D eigenvalue weighted by molar-refractivity contribution is 0.184. The van der Waals surface area contributed by atoms with Crippen molar-refractivity contribution in [1.82, 2.24) is 4.98 Å². The van der Waals surface area contributed by atoms with Gasteiger partial charge in [-0.15, -0.1) is 0 Å². The summed E-state index contributed by atoms with van der Waals surface area (Å²) in [7, 11) is 1.68. The van der Waals surface area contributed by atoms with Gasteiger partial charge in [0.2, 0.25) is 0 Å². The maximum absolute atomic E-state index is 4.99. The molecule has 3 nitrogen and oxygen atoms in total. The van der Waals surface area contributed by atoms with E-state index in [-0.39, 0.29) is 0 Å². The Morgan fingerprint density at radius 3 is 2.85 bits per heavy atom. The highest BCUT2D eigenvalue weighted by Gasteiger charge is 1.93. The van der Waals surface area contributed by atoms with Crippen LogP contribution >= 0.6 is 0 Å². The number of rotatable bonds is 5. The predicted octanol–water partition coefficient (Wildman–Crippen LogP) is 2.05. The third-order valence-corrected chi connectivity index (χ3v) is 1.69. The molecule has 0 amide bonds. The zero-order valence-corrected chi connectivity index (χ0v) is 8.21. The smallest absolute Gasteiger partial charge is 0.125 e. The molecular formula is C10H16N2O. The number of pyridine rings is 1. The van der Waals surface area contributed by atoms with Gasteiger partial charge >= 0.3 is 0 Å². The fraction of sp³-hybridized carbons (Fsp3) is 0.500. The third-order valence-electron chi connectivity index (χ3n) is 1.69. The first-order valence-corrected chi connectivity index (χ1v) is 4.54. The number of aromatic nitrogens is 1. The molecule has 0 saturated heterocycles. The summed E-state index contributed by atoms with van der Waals surface area (Å²) < 4.78 is 4.99. The molecule has 0 aliphatic heterocycles. The lowest BCUT2D eigenvalue weighted by atomic mass is 10.3. The van der Waals surface area contributed by atoms with Crippen LogP contribution in [0.1, 0.15) is 18.9 Å². The van der Waals surface area contributed by atoms with Crippen molar-refractivity contribution in [2.75, 3.05) is 19.0 Å². The summed E-state index contributed by atoms with van der Waals surface area (Å²) in [6, 6.07) is 4.00. The Balaban J connectivity index is 2.48. The second kappa shape index (κ2) is 5.54. The van der Waals surface area contributed by atoms with E-state index in [0.717, 1.165) is 24.3 Å². The lowest BCUT2D eigenvalue weighted by Crippen LogP contribution is -2.01. The van der Waals surface area contributed by atoms with Crippen LogP contribution in [-0.2, 0) is 11.3 Å². The van der Waals surface area contributed by atoms with Crippen molar-refractivity contribution in [2.24, 2.45) is 0 Å². The summed E-state index contributed by atoms with van der Waals surface area (Å²) in [5, 5.41) is 3.21. The van der Waals surface area contributed by atoms with Crippen LogP contribution in [0.4, 0.5) is 5.82 Å². The minimum atomic E-state index is 0.626. The normalized spacial score (nSPS) is 10.0. The molecule has 1 heterocycles. The first-order chi connectivity index (χ1) is 6.36. The average molecular weight is 180 g/mol. The van der Waals surface area contributed by atoms with E-state index in [1.807, 2.05) is 18.3 Å². The van der Waals surface area contributed by atoms with Crippen molar-refractivity contribution in [3.8, 4) is 0 Å². The zero-order chi connectivity index (χ0) is 9.52. The maximum Gasteiger partial charge on any atom is 0.125 e. The SMILES string of the molecule is CCCNc1ccc(COC)cn1. The standard InChI is InChI=1S/C10H16N2O/c1-3-6-11-10-5-4-9(7-12-10)8-13-2/h4-5,7H,3,6,8H2,1-2H3,(H,11,12). The second-order valence-electron chi connectivity index (χ2n) is 2.91. The van der Waals surface area contributed by atoms with Gasteiger partial charge in [0.1, 0.15) is 5.82 Å². The van der Waals surface area contributed by atoms with Crippen molar-refractivity contribution in [1.29, 1.82) is 0 Å². The molecule has 0 spiro atoms. The van der Waals surface area contributed by atoms with Gasteiger partial charge in [0.15, 0.2) is 0 Å². The van der Waals surface area contributed by atoms with E-state index in [9.17, 15) is 0 Å². The van der Waals surface area contributed by atoms with E-state index in [0.29, 0.717) is 6.61 Å². The van der Waals surface area contributed by atoms with Crippen molar-refractivity contribution in [3.63, 3.8) is 0 Å². The number of nitrogens with zero attached hydrogens (tertiary/aromatic N) is 1. The van der Waals surface area contributed by atoms with E-state index in [4.69, 9.17) is 4.74 Å². The van der Waals surface area contributed by atoms with Gasteiger partial charge in [-0.3, -0.25) is 0 Å². The Hall–Kier alpha value is -1.09. The van der Waals surface area contributed by atoms with E-state index >= 15 is 0 Å². The number of methoxy groups -OCH3 is 1. The van der Waals surface area contributed by atoms with Gasteiger partial charge in [0.05, 0.1) is 6.61 Å². The molecule has 0 unspecified atom stereocenters.